The second kappa shape index (κ2) is 10.1. The lowest BCUT2D eigenvalue weighted by atomic mass is 10.2. The van der Waals surface area contributed by atoms with Gasteiger partial charge < -0.3 is 19.4 Å². The fraction of sp³-hybridized carbons (Fsp3) is 0.417. The molecule has 2 aliphatic rings. The highest BCUT2D eigenvalue weighted by Gasteiger charge is 2.31. The molecule has 0 saturated heterocycles. The van der Waals surface area contributed by atoms with Gasteiger partial charge in [-0.2, -0.15) is 4.98 Å². The molecular weight excluding hydrogens is 516 g/mol. The number of hydrogen-bond donors (Lipinski definition) is 2. The Hall–Kier alpha value is -3.93. The van der Waals surface area contributed by atoms with Crippen LogP contribution in [0.4, 0.5) is 5.69 Å². The monoisotopic (exact) mass is 542 g/mol. The van der Waals surface area contributed by atoms with E-state index in [0.717, 1.165) is 17.4 Å². The molecule has 0 bridgehead atoms. The van der Waals surface area contributed by atoms with Crippen LogP contribution in [-0.2, 0) is 39.7 Å². The molecule has 200 valence electrons. The maximum atomic E-state index is 12.9. The third-order valence-electron chi connectivity index (χ3n) is 6.21. The van der Waals surface area contributed by atoms with E-state index in [9.17, 15) is 22.8 Å². The Morgan fingerprint density at radius 1 is 1.24 bits per heavy atom. The van der Waals surface area contributed by atoms with Crippen molar-refractivity contribution in [3.63, 3.8) is 0 Å². The van der Waals surface area contributed by atoms with Gasteiger partial charge in [-0.1, -0.05) is 11.8 Å². The number of carbonyl (C=O) groups is 1. The number of benzene rings is 1. The van der Waals surface area contributed by atoms with Crippen LogP contribution < -0.4 is 26.0 Å². The maximum Gasteiger partial charge on any atom is 0.333 e. The summed E-state index contributed by atoms with van der Waals surface area (Å²) in [6.07, 6.45) is 1.72. The van der Waals surface area contributed by atoms with Crippen molar-refractivity contribution in [1.29, 1.82) is 0 Å². The number of hydrogen-bond acceptors (Lipinski definition) is 8. The highest BCUT2D eigenvalue weighted by molar-refractivity contribution is 7.89. The van der Waals surface area contributed by atoms with Gasteiger partial charge in [-0.05, 0) is 25.0 Å². The van der Waals surface area contributed by atoms with Crippen LogP contribution >= 0.6 is 0 Å². The zero-order valence-electron chi connectivity index (χ0n) is 20.8. The first-order valence-electron chi connectivity index (χ1n) is 12.0. The highest BCUT2D eigenvalue weighted by atomic mass is 32.2. The van der Waals surface area contributed by atoms with Gasteiger partial charge >= 0.3 is 5.69 Å². The van der Waals surface area contributed by atoms with Crippen molar-refractivity contribution in [2.75, 3.05) is 32.2 Å². The Kier molecular flexibility index (Phi) is 6.82. The zero-order valence-corrected chi connectivity index (χ0v) is 21.6. The van der Waals surface area contributed by atoms with Gasteiger partial charge in [0.15, 0.2) is 11.2 Å². The lowest BCUT2D eigenvalue weighted by Gasteiger charge is -2.15. The zero-order chi connectivity index (χ0) is 27.0. The first-order valence-corrected chi connectivity index (χ1v) is 13.4. The van der Waals surface area contributed by atoms with Crippen LogP contribution in [0.25, 0.3) is 11.2 Å². The molecule has 2 aromatic heterocycles. The van der Waals surface area contributed by atoms with E-state index in [1.165, 1.54) is 16.2 Å². The van der Waals surface area contributed by atoms with Crippen molar-refractivity contribution in [3.8, 4) is 17.6 Å². The fourth-order valence-electron chi connectivity index (χ4n) is 4.13. The summed E-state index contributed by atoms with van der Waals surface area (Å²) in [4.78, 5) is 42.2. The molecule has 0 radical (unpaired) electrons. The quantitative estimate of drug-likeness (QED) is 0.302. The predicted molar refractivity (Wildman–Crippen MR) is 136 cm³/mol. The number of nitrogens with zero attached hydrogens (tertiary/aromatic N) is 4. The molecule has 14 heteroatoms. The normalized spacial score (nSPS) is 15.9. The van der Waals surface area contributed by atoms with Crippen molar-refractivity contribution in [2.24, 2.45) is 13.0 Å². The highest BCUT2D eigenvalue weighted by Crippen LogP contribution is 2.31. The van der Waals surface area contributed by atoms with Crippen LogP contribution in [0.15, 0.2) is 32.9 Å². The average Bonchev–Trinajstić information content (AvgIpc) is 3.65. The molecule has 1 amide bonds. The van der Waals surface area contributed by atoms with Crippen LogP contribution in [0.5, 0.6) is 5.75 Å². The molecule has 38 heavy (non-hydrogen) atoms. The molecule has 3 aromatic rings. The molecule has 0 spiro atoms. The summed E-state index contributed by atoms with van der Waals surface area (Å²) in [6.45, 7) is 0.829. The summed E-state index contributed by atoms with van der Waals surface area (Å²) in [5, 5.41) is 2.56. The molecule has 2 N–H and O–H groups in total. The van der Waals surface area contributed by atoms with E-state index < -0.39 is 21.3 Å². The predicted octanol–water partition coefficient (Wildman–Crippen LogP) is -0.386. The van der Waals surface area contributed by atoms with Gasteiger partial charge in [-0.25, -0.2) is 17.9 Å². The fourth-order valence-corrected chi connectivity index (χ4v) is 5.30. The Labute approximate surface area is 217 Å². The number of anilines is 1. The number of imidazole rings is 1. The van der Waals surface area contributed by atoms with Crippen molar-refractivity contribution < 1.29 is 22.7 Å². The third-order valence-corrected chi connectivity index (χ3v) is 7.59. The number of ether oxygens (including phenoxy) is 2. The standard InChI is InChI=1S/C24H26N6O7S/c1-28-22(32)19-20(27-23-29(19)9-7-25-38(23,34)35)30(24(28)33)8-3-4-15-12-17(26-21(31)16-5-6-16)14-18(13-15)37-11-10-36-2/h12-14,16,25H,5-11H2,1-2H3,(H,26,31). The minimum atomic E-state index is -3.91. The van der Waals surface area contributed by atoms with E-state index in [4.69, 9.17) is 9.47 Å². The SMILES string of the molecule is COCCOc1cc(C#CCn2c(=O)n(C)c(=O)c3c2nc2n3CCNS2(=O)=O)cc(NC(=O)C2CC2)c1. The molecule has 1 aliphatic carbocycles. The van der Waals surface area contributed by atoms with E-state index >= 15 is 0 Å². The van der Waals surface area contributed by atoms with Crippen LogP contribution in [-0.4, -0.2) is 59.9 Å². The number of amides is 1. The summed E-state index contributed by atoms with van der Waals surface area (Å²) in [7, 11) is -1.03. The molecule has 13 nitrogen and oxygen atoms in total. The number of sulfonamides is 1. The first kappa shape index (κ1) is 25.7. The van der Waals surface area contributed by atoms with Gasteiger partial charge in [0.2, 0.25) is 11.1 Å². The van der Waals surface area contributed by atoms with Crippen LogP contribution in [0.1, 0.15) is 18.4 Å². The number of nitrogens with one attached hydrogen (secondary N) is 2. The van der Waals surface area contributed by atoms with E-state index in [1.54, 1.807) is 25.3 Å². The van der Waals surface area contributed by atoms with Gasteiger partial charge in [0, 0.05) is 50.5 Å². The van der Waals surface area contributed by atoms with Crippen LogP contribution in [0, 0.1) is 17.8 Å². The van der Waals surface area contributed by atoms with E-state index in [2.05, 4.69) is 26.9 Å². The van der Waals surface area contributed by atoms with Crippen LogP contribution in [0.2, 0.25) is 0 Å². The van der Waals surface area contributed by atoms with Crippen molar-refractivity contribution >= 4 is 32.8 Å². The topological polar surface area (TPSA) is 156 Å². The molecule has 3 heterocycles. The summed E-state index contributed by atoms with van der Waals surface area (Å²) < 4.78 is 41.4. The molecule has 1 saturated carbocycles. The number of rotatable bonds is 7. The number of aromatic nitrogens is 4. The molecule has 1 aromatic carbocycles. The Bertz CT molecular complexity index is 1720. The Morgan fingerprint density at radius 3 is 2.76 bits per heavy atom. The summed E-state index contributed by atoms with van der Waals surface area (Å²) in [6, 6.07) is 5.09. The smallest absolute Gasteiger partial charge is 0.333 e. The lowest BCUT2D eigenvalue weighted by Crippen LogP contribution is -2.40. The van der Waals surface area contributed by atoms with Gasteiger partial charge in [-0.15, -0.1) is 0 Å². The van der Waals surface area contributed by atoms with Gasteiger partial charge in [0.05, 0.1) is 13.2 Å². The molecule has 0 unspecified atom stereocenters. The molecule has 5 rings (SSSR count). The number of fused-ring (bicyclic) bond motifs is 3. The summed E-state index contributed by atoms with van der Waals surface area (Å²) in [5.74, 6) is 6.30. The van der Waals surface area contributed by atoms with E-state index in [-0.39, 0.29) is 47.8 Å². The molecule has 1 fully saturated rings. The molecule has 1 aliphatic heterocycles. The lowest BCUT2D eigenvalue weighted by molar-refractivity contribution is -0.117. The molecule has 0 atom stereocenters. The molecular formula is C24H26N6O7S. The number of methoxy groups -OCH3 is 1. The van der Waals surface area contributed by atoms with Gasteiger partial charge in [0.1, 0.15) is 12.4 Å². The van der Waals surface area contributed by atoms with Gasteiger partial charge in [0.25, 0.3) is 15.6 Å². The summed E-state index contributed by atoms with van der Waals surface area (Å²) in [5.41, 5.74) is -0.289. The summed E-state index contributed by atoms with van der Waals surface area (Å²) >= 11 is 0. The second-order valence-corrected chi connectivity index (χ2v) is 10.7. The van der Waals surface area contributed by atoms with E-state index in [1.807, 2.05) is 0 Å². The third kappa shape index (κ3) is 4.95. The van der Waals surface area contributed by atoms with E-state index in [0.29, 0.717) is 30.2 Å². The largest absolute Gasteiger partial charge is 0.491 e. The van der Waals surface area contributed by atoms with Crippen LogP contribution in [0.3, 0.4) is 0 Å². The minimum Gasteiger partial charge on any atom is -0.491 e. The average molecular weight is 543 g/mol. The number of carbonyl (C=O) groups excluding carboxylic acids is 1. The second-order valence-electron chi connectivity index (χ2n) is 9.00. The van der Waals surface area contributed by atoms with Crippen molar-refractivity contribution in [3.05, 3.63) is 44.6 Å². The van der Waals surface area contributed by atoms with Crippen molar-refractivity contribution in [2.45, 2.75) is 31.1 Å². The Morgan fingerprint density at radius 2 is 2.03 bits per heavy atom. The minimum absolute atomic E-state index is 0.0152. The van der Waals surface area contributed by atoms with Crippen molar-refractivity contribution in [1.82, 2.24) is 23.4 Å². The van der Waals surface area contributed by atoms with Gasteiger partial charge in [-0.3, -0.25) is 18.7 Å². The maximum absolute atomic E-state index is 12.9. The Balaban J connectivity index is 1.51. The first-order chi connectivity index (χ1) is 18.2.